The topological polar surface area (TPSA) is 34.1 Å². The molecule has 0 aliphatic carbocycles. The van der Waals surface area contributed by atoms with Gasteiger partial charge < -0.3 is 0 Å². The minimum absolute atomic E-state index is 0.0879. The summed E-state index contributed by atoms with van der Waals surface area (Å²) in [5.41, 5.74) is 0.0879. The maximum atomic E-state index is 13.0. The second kappa shape index (κ2) is 3.06. The van der Waals surface area contributed by atoms with Crippen LogP contribution in [0.2, 0.25) is 0 Å². The van der Waals surface area contributed by atoms with Crippen molar-refractivity contribution < 1.29 is 17.2 Å². The summed E-state index contributed by atoms with van der Waals surface area (Å²) in [6, 6.07) is 1.56. The molecule has 72 valence electrons. The molecule has 1 aromatic carbocycles. The van der Waals surface area contributed by atoms with Crippen LogP contribution < -0.4 is 0 Å². The number of halogens is 2. The van der Waals surface area contributed by atoms with Crippen molar-refractivity contribution in [3.8, 4) is 0 Å². The van der Waals surface area contributed by atoms with E-state index in [2.05, 4.69) is 0 Å². The van der Waals surface area contributed by atoms with Gasteiger partial charge in [-0.1, -0.05) is 0 Å². The van der Waals surface area contributed by atoms with Crippen LogP contribution in [0, 0.1) is 18.6 Å². The molecule has 0 atom stereocenters. The van der Waals surface area contributed by atoms with Gasteiger partial charge in [-0.05, 0) is 24.6 Å². The van der Waals surface area contributed by atoms with Crippen LogP contribution in [0.15, 0.2) is 17.0 Å². The van der Waals surface area contributed by atoms with Crippen molar-refractivity contribution in [3.63, 3.8) is 0 Å². The van der Waals surface area contributed by atoms with Crippen LogP contribution in [0.5, 0.6) is 0 Å². The van der Waals surface area contributed by atoms with Gasteiger partial charge in [0.2, 0.25) is 0 Å². The SMILES string of the molecule is Cc1cc(F)c(S(C)(=O)=O)cc1F. The Hall–Kier alpha value is -0.970. The first-order valence-corrected chi connectivity index (χ1v) is 5.37. The molecule has 0 spiro atoms. The highest BCUT2D eigenvalue weighted by Gasteiger charge is 2.15. The molecule has 0 heterocycles. The first-order valence-electron chi connectivity index (χ1n) is 3.48. The number of hydrogen-bond acceptors (Lipinski definition) is 2. The third-order valence-corrected chi connectivity index (χ3v) is 2.72. The molecule has 5 heteroatoms. The highest BCUT2D eigenvalue weighted by Crippen LogP contribution is 2.18. The second-order valence-corrected chi connectivity index (χ2v) is 4.79. The lowest BCUT2D eigenvalue weighted by atomic mass is 10.2. The van der Waals surface area contributed by atoms with Crippen LogP contribution in [0.4, 0.5) is 8.78 Å². The summed E-state index contributed by atoms with van der Waals surface area (Å²) in [4.78, 5) is -0.601. The van der Waals surface area contributed by atoms with Gasteiger partial charge in [0.15, 0.2) is 9.84 Å². The molecule has 1 rings (SSSR count). The number of benzene rings is 1. The summed E-state index contributed by atoms with van der Waals surface area (Å²) in [7, 11) is -3.69. The van der Waals surface area contributed by atoms with Crippen molar-refractivity contribution in [1.29, 1.82) is 0 Å². The minimum Gasteiger partial charge on any atom is -0.224 e. The zero-order valence-electron chi connectivity index (χ0n) is 7.14. The number of aryl methyl sites for hydroxylation is 1. The van der Waals surface area contributed by atoms with Crippen molar-refractivity contribution in [2.24, 2.45) is 0 Å². The zero-order valence-corrected chi connectivity index (χ0v) is 7.95. The van der Waals surface area contributed by atoms with E-state index in [0.717, 1.165) is 12.3 Å². The average molecular weight is 206 g/mol. The van der Waals surface area contributed by atoms with E-state index in [9.17, 15) is 17.2 Å². The van der Waals surface area contributed by atoms with Crippen LogP contribution in [-0.2, 0) is 9.84 Å². The van der Waals surface area contributed by atoms with Gasteiger partial charge in [-0.15, -0.1) is 0 Å². The van der Waals surface area contributed by atoms with E-state index in [1.165, 1.54) is 6.92 Å². The molecule has 0 unspecified atom stereocenters. The maximum absolute atomic E-state index is 13.0. The lowest BCUT2D eigenvalue weighted by Gasteiger charge is -2.02. The Balaban J connectivity index is 3.50. The molecule has 2 nitrogen and oxygen atoms in total. The Kier molecular flexibility index (Phi) is 2.38. The largest absolute Gasteiger partial charge is 0.224 e. The molecule has 0 saturated heterocycles. The lowest BCUT2D eigenvalue weighted by Crippen LogP contribution is -2.02. The quantitative estimate of drug-likeness (QED) is 0.700. The molecule has 0 amide bonds. The van der Waals surface area contributed by atoms with E-state index >= 15 is 0 Å². The van der Waals surface area contributed by atoms with E-state index in [0.29, 0.717) is 6.07 Å². The molecule has 0 aliphatic heterocycles. The summed E-state index contributed by atoms with van der Waals surface area (Å²) in [6.45, 7) is 1.37. The molecule has 1 aromatic rings. The normalized spacial score (nSPS) is 11.7. The molecule has 0 fully saturated rings. The summed E-state index contributed by atoms with van der Waals surface area (Å²) < 4.78 is 47.7. The Bertz CT molecular complexity index is 438. The van der Waals surface area contributed by atoms with Gasteiger partial charge in [-0.25, -0.2) is 17.2 Å². The summed E-state index contributed by atoms with van der Waals surface area (Å²) in [5.74, 6) is -1.64. The molecular weight excluding hydrogens is 198 g/mol. The average Bonchev–Trinajstić information content (AvgIpc) is 1.94. The molecule has 0 saturated carbocycles. The van der Waals surface area contributed by atoms with Crippen LogP contribution in [-0.4, -0.2) is 14.7 Å². The third kappa shape index (κ3) is 2.03. The Morgan fingerprint density at radius 2 is 1.69 bits per heavy atom. The predicted octanol–water partition coefficient (Wildman–Crippen LogP) is 1.68. The zero-order chi connectivity index (χ0) is 10.2. The predicted molar refractivity (Wildman–Crippen MR) is 44.2 cm³/mol. The van der Waals surface area contributed by atoms with E-state index in [1.54, 1.807) is 0 Å². The highest BCUT2D eigenvalue weighted by atomic mass is 32.2. The van der Waals surface area contributed by atoms with Gasteiger partial charge in [0, 0.05) is 6.26 Å². The van der Waals surface area contributed by atoms with E-state index in [-0.39, 0.29) is 5.56 Å². The van der Waals surface area contributed by atoms with Crippen molar-refractivity contribution in [2.75, 3.05) is 6.26 Å². The molecular formula is C8H8F2O2S. The van der Waals surface area contributed by atoms with Crippen molar-refractivity contribution in [1.82, 2.24) is 0 Å². The Labute approximate surface area is 75.1 Å². The fourth-order valence-electron chi connectivity index (χ4n) is 0.912. The van der Waals surface area contributed by atoms with Gasteiger partial charge in [-0.3, -0.25) is 0 Å². The number of sulfone groups is 1. The number of hydrogen-bond donors (Lipinski definition) is 0. The lowest BCUT2D eigenvalue weighted by molar-refractivity contribution is 0.552. The summed E-state index contributed by atoms with van der Waals surface area (Å²) >= 11 is 0. The van der Waals surface area contributed by atoms with Gasteiger partial charge in [0.1, 0.15) is 16.5 Å². The fourth-order valence-corrected chi connectivity index (χ4v) is 1.64. The molecule has 13 heavy (non-hydrogen) atoms. The van der Waals surface area contributed by atoms with Gasteiger partial charge in [0.25, 0.3) is 0 Å². The first kappa shape index (κ1) is 10.1. The van der Waals surface area contributed by atoms with Gasteiger partial charge in [0.05, 0.1) is 0 Å². The monoisotopic (exact) mass is 206 g/mol. The fraction of sp³-hybridized carbons (Fsp3) is 0.250. The van der Waals surface area contributed by atoms with Crippen molar-refractivity contribution in [2.45, 2.75) is 11.8 Å². The van der Waals surface area contributed by atoms with Crippen molar-refractivity contribution in [3.05, 3.63) is 29.3 Å². The van der Waals surface area contributed by atoms with Gasteiger partial charge >= 0.3 is 0 Å². The highest BCUT2D eigenvalue weighted by molar-refractivity contribution is 7.90. The van der Waals surface area contributed by atoms with E-state index in [4.69, 9.17) is 0 Å². The third-order valence-electron chi connectivity index (χ3n) is 1.61. The van der Waals surface area contributed by atoms with Crippen LogP contribution in [0.3, 0.4) is 0 Å². The Morgan fingerprint density at radius 1 is 1.15 bits per heavy atom. The molecule has 0 aromatic heterocycles. The van der Waals surface area contributed by atoms with Gasteiger partial charge in [-0.2, -0.15) is 0 Å². The number of rotatable bonds is 1. The molecule has 0 radical (unpaired) electrons. The summed E-state index contributed by atoms with van der Waals surface area (Å²) in [6.07, 6.45) is 0.834. The van der Waals surface area contributed by atoms with Crippen LogP contribution >= 0.6 is 0 Å². The van der Waals surface area contributed by atoms with Crippen LogP contribution in [0.1, 0.15) is 5.56 Å². The van der Waals surface area contributed by atoms with Crippen LogP contribution in [0.25, 0.3) is 0 Å². The standard InChI is InChI=1S/C8H8F2O2S/c1-5-3-7(10)8(4-6(5)9)13(2,11)12/h3-4H,1-2H3. The maximum Gasteiger partial charge on any atom is 0.178 e. The Morgan fingerprint density at radius 3 is 2.15 bits per heavy atom. The molecule has 0 aliphatic rings. The smallest absolute Gasteiger partial charge is 0.178 e. The molecule has 0 N–H and O–H groups in total. The minimum atomic E-state index is -3.69. The van der Waals surface area contributed by atoms with E-state index < -0.39 is 26.4 Å². The van der Waals surface area contributed by atoms with Crippen molar-refractivity contribution >= 4 is 9.84 Å². The van der Waals surface area contributed by atoms with E-state index in [1.807, 2.05) is 0 Å². The first-order chi connectivity index (χ1) is 5.82. The molecule has 0 bridgehead atoms. The summed E-state index contributed by atoms with van der Waals surface area (Å²) in [5, 5.41) is 0. The second-order valence-electron chi connectivity index (χ2n) is 2.80.